The average Bonchev–Trinajstić information content (AvgIpc) is 1.99. The van der Waals surface area contributed by atoms with Gasteiger partial charge in [-0.3, -0.25) is 4.79 Å². The van der Waals surface area contributed by atoms with Crippen molar-refractivity contribution in [3.63, 3.8) is 0 Å². The summed E-state index contributed by atoms with van der Waals surface area (Å²) in [5.74, 6) is -1.15. The summed E-state index contributed by atoms with van der Waals surface area (Å²) in [6, 6.07) is 1.30. The van der Waals surface area contributed by atoms with E-state index in [1.807, 2.05) is 0 Å². The molecule has 1 aromatic heterocycles. The summed E-state index contributed by atoms with van der Waals surface area (Å²) < 4.78 is 25.7. The highest BCUT2D eigenvalue weighted by molar-refractivity contribution is 14.1. The lowest BCUT2D eigenvalue weighted by Crippen LogP contribution is -2.07. The number of nitrogens with zero attached hydrogens (tertiary/aromatic N) is 1. The van der Waals surface area contributed by atoms with Gasteiger partial charge < -0.3 is 5.11 Å². The molecule has 0 fully saturated rings. The summed E-state index contributed by atoms with van der Waals surface area (Å²) >= 11 is 4.69. The number of rotatable bonds is 3. The minimum absolute atomic E-state index is 0.0868. The topological polar surface area (TPSA) is 50.2 Å². The molecule has 0 atom stereocenters. The van der Waals surface area contributed by atoms with Crippen molar-refractivity contribution in [2.45, 2.75) is 12.8 Å². The second-order valence-corrected chi connectivity index (χ2v) is 4.51. The van der Waals surface area contributed by atoms with Crippen LogP contribution < -0.4 is 0 Å². The molecule has 7 heteroatoms. The first-order valence-corrected chi connectivity index (χ1v) is 5.63. The van der Waals surface area contributed by atoms with Crippen LogP contribution in [0.5, 0.6) is 0 Å². The number of carbonyl (C=O) groups is 1. The molecule has 0 bridgehead atoms. The van der Waals surface area contributed by atoms with Gasteiger partial charge in [0.2, 0.25) is 0 Å². The van der Waals surface area contributed by atoms with Gasteiger partial charge >= 0.3 is 5.97 Å². The second kappa shape index (κ2) is 5.15. The Hall–Kier alpha value is -0.310. The molecule has 0 aliphatic rings. The van der Waals surface area contributed by atoms with E-state index in [-0.39, 0.29) is 14.8 Å². The Labute approximate surface area is 106 Å². The molecule has 1 aromatic rings. The number of pyridine rings is 1. The summed E-state index contributed by atoms with van der Waals surface area (Å²) in [6.07, 6.45) is -3.15. The van der Waals surface area contributed by atoms with Gasteiger partial charge in [-0.1, -0.05) is 0 Å². The Morgan fingerprint density at radius 2 is 2.27 bits per heavy atom. The van der Waals surface area contributed by atoms with Crippen LogP contribution in [-0.2, 0) is 11.2 Å². The minimum Gasteiger partial charge on any atom is -0.481 e. The molecule has 0 aliphatic heterocycles. The fourth-order valence-electron chi connectivity index (χ4n) is 1.08. The normalized spacial score (nSPS) is 10.7. The third kappa shape index (κ3) is 3.33. The van der Waals surface area contributed by atoms with Crippen molar-refractivity contribution in [3.8, 4) is 0 Å². The van der Waals surface area contributed by atoms with Crippen molar-refractivity contribution in [2.24, 2.45) is 0 Å². The summed E-state index contributed by atoms with van der Waals surface area (Å²) in [4.78, 5) is 14.3. The third-order valence-corrected chi connectivity index (χ3v) is 2.85. The predicted molar refractivity (Wildman–Crippen MR) is 61.0 cm³/mol. The number of carboxylic acid groups (broad SMARTS) is 1. The molecular formula is C8H5BrF2INO2. The number of aliphatic carboxylic acids is 1. The Morgan fingerprint density at radius 3 is 2.73 bits per heavy atom. The van der Waals surface area contributed by atoms with Gasteiger partial charge in [0, 0.05) is 0 Å². The number of alkyl halides is 2. The van der Waals surface area contributed by atoms with Crippen molar-refractivity contribution in [1.29, 1.82) is 0 Å². The molecule has 0 radical (unpaired) electrons. The molecule has 82 valence electrons. The highest BCUT2D eigenvalue weighted by Crippen LogP contribution is 2.29. The molecule has 0 spiro atoms. The fourth-order valence-corrected chi connectivity index (χ4v) is 2.71. The highest BCUT2D eigenvalue weighted by Gasteiger charge is 2.20. The lowest BCUT2D eigenvalue weighted by Gasteiger charge is -2.09. The molecule has 0 saturated heterocycles. The Balaban J connectivity index is 3.26. The number of hydrogen-bond acceptors (Lipinski definition) is 2. The zero-order chi connectivity index (χ0) is 11.6. The van der Waals surface area contributed by atoms with Crippen LogP contribution >= 0.6 is 38.5 Å². The van der Waals surface area contributed by atoms with Gasteiger partial charge in [0.1, 0.15) is 8.30 Å². The zero-order valence-corrected chi connectivity index (χ0v) is 10.9. The van der Waals surface area contributed by atoms with Crippen LogP contribution in [0.25, 0.3) is 0 Å². The van der Waals surface area contributed by atoms with E-state index < -0.39 is 18.8 Å². The van der Waals surface area contributed by atoms with Gasteiger partial charge in [0.05, 0.1) is 12.0 Å². The van der Waals surface area contributed by atoms with Gasteiger partial charge in [0.25, 0.3) is 6.43 Å². The predicted octanol–water partition coefficient (Wildman–Crippen LogP) is 3.01. The fraction of sp³-hybridized carbons (Fsp3) is 0.250. The largest absolute Gasteiger partial charge is 0.481 e. The van der Waals surface area contributed by atoms with Crippen molar-refractivity contribution in [3.05, 3.63) is 25.5 Å². The lowest BCUT2D eigenvalue weighted by atomic mass is 10.1. The second-order valence-electron chi connectivity index (χ2n) is 2.68. The van der Waals surface area contributed by atoms with E-state index in [0.717, 1.165) is 0 Å². The smallest absolute Gasteiger partial charge is 0.307 e. The van der Waals surface area contributed by atoms with Crippen molar-refractivity contribution in [1.82, 2.24) is 4.98 Å². The van der Waals surface area contributed by atoms with E-state index in [2.05, 4.69) is 20.9 Å². The van der Waals surface area contributed by atoms with Gasteiger partial charge in [-0.15, -0.1) is 0 Å². The first-order valence-electron chi connectivity index (χ1n) is 3.76. The van der Waals surface area contributed by atoms with E-state index in [4.69, 9.17) is 5.11 Å². The van der Waals surface area contributed by atoms with E-state index in [1.165, 1.54) is 6.07 Å². The Kier molecular flexibility index (Phi) is 4.38. The van der Waals surface area contributed by atoms with Crippen molar-refractivity contribution < 1.29 is 18.7 Å². The lowest BCUT2D eigenvalue weighted by molar-refractivity contribution is -0.136. The molecule has 1 N–H and O–H groups in total. The Morgan fingerprint density at radius 1 is 1.67 bits per heavy atom. The first-order chi connectivity index (χ1) is 6.91. The molecule has 15 heavy (non-hydrogen) atoms. The monoisotopic (exact) mass is 391 g/mol. The molecule has 0 saturated carbocycles. The van der Waals surface area contributed by atoms with Crippen molar-refractivity contribution in [2.75, 3.05) is 0 Å². The number of halogens is 4. The molecule has 1 heterocycles. The summed E-state index contributed by atoms with van der Waals surface area (Å²) in [7, 11) is 0. The Bertz CT molecular complexity index is 400. The molecule has 0 aromatic carbocycles. The molecule has 0 aliphatic carbocycles. The molecule has 3 nitrogen and oxygen atoms in total. The summed E-state index contributed by atoms with van der Waals surface area (Å²) in [5.41, 5.74) is -0.218. The number of hydrogen-bond donors (Lipinski definition) is 1. The minimum atomic E-state index is -2.72. The maximum atomic E-state index is 12.6. The maximum Gasteiger partial charge on any atom is 0.307 e. The zero-order valence-electron chi connectivity index (χ0n) is 7.18. The van der Waals surface area contributed by atoms with E-state index in [1.54, 1.807) is 22.6 Å². The van der Waals surface area contributed by atoms with Crippen molar-refractivity contribution >= 4 is 44.5 Å². The molecule has 1 rings (SSSR count). The SMILES string of the molecule is O=C(O)Cc1cc(Br)nc(I)c1C(F)F. The standard InChI is InChI=1S/C8H5BrF2INO2/c9-4-1-3(2-5(14)15)6(7(10)11)8(12)13-4/h1,7H,2H2,(H,14,15). The van der Waals surface area contributed by atoms with Crippen LogP contribution in [0.2, 0.25) is 0 Å². The summed E-state index contributed by atoms with van der Waals surface area (Å²) in [5, 5.41) is 8.57. The molecule has 0 amide bonds. The van der Waals surface area contributed by atoms with Crippen LogP contribution in [0.4, 0.5) is 8.78 Å². The van der Waals surface area contributed by atoms with E-state index >= 15 is 0 Å². The quantitative estimate of drug-likeness (QED) is 0.636. The van der Waals surface area contributed by atoms with Crippen LogP contribution in [0.15, 0.2) is 10.7 Å². The molecular weight excluding hydrogens is 387 g/mol. The van der Waals surface area contributed by atoms with Gasteiger partial charge in [-0.05, 0) is 50.2 Å². The number of aromatic nitrogens is 1. The van der Waals surface area contributed by atoms with Crippen LogP contribution in [0, 0.1) is 3.70 Å². The van der Waals surface area contributed by atoms with Crippen LogP contribution in [0.1, 0.15) is 17.6 Å². The van der Waals surface area contributed by atoms with Crippen LogP contribution in [-0.4, -0.2) is 16.1 Å². The van der Waals surface area contributed by atoms with E-state index in [0.29, 0.717) is 4.60 Å². The number of carboxylic acids is 1. The maximum absolute atomic E-state index is 12.6. The summed E-state index contributed by atoms with van der Waals surface area (Å²) in [6.45, 7) is 0. The van der Waals surface area contributed by atoms with Gasteiger partial charge in [-0.2, -0.15) is 0 Å². The van der Waals surface area contributed by atoms with Gasteiger partial charge in [-0.25, -0.2) is 13.8 Å². The van der Waals surface area contributed by atoms with Gasteiger partial charge in [0.15, 0.2) is 0 Å². The van der Waals surface area contributed by atoms with Crippen LogP contribution in [0.3, 0.4) is 0 Å². The first kappa shape index (κ1) is 12.8. The highest BCUT2D eigenvalue weighted by atomic mass is 127. The average molecular weight is 392 g/mol. The van der Waals surface area contributed by atoms with E-state index in [9.17, 15) is 13.6 Å². The molecule has 0 unspecified atom stereocenters. The third-order valence-electron chi connectivity index (χ3n) is 1.63.